The molecule has 0 fully saturated rings. The molecule has 0 radical (unpaired) electrons. The number of anilines is 1. The van der Waals surface area contributed by atoms with Crippen LogP contribution in [0.2, 0.25) is 0 Å². The molecule has 112 valence electrons. The van der Waals surface area contributed by atoms with Crippen molar-refractivity contribution in [2.75, 3.05) is 12.8 Å². The minimum atomic E-state index is -0.464. The molecule has 0 bridgehead atoms. The molecule has 0 atom stereocenters. The minimum Gasteiger partial charge on any atom is -0.497 e. The van der Waals surface area contributed by atoms with Gasteiger partial charge >= 0.3 is 5.69 Å². The second-order valence-electron chi connectivity index (χ2n) is 4.96. The summed E-state index contributed by atoms with van der Waals surface area (Å²) in [5, 5.41) is 0. The number of nitrogens with one attached hydrogen (secondary N) is 1. The van der Waals surface area contributed by atoms with Crippen molar-refractivity contribution in [1.82, 2.24) is 9.55 Å². The van der Waals surface area contributed by atoms with E-state index in [0.29, 0.717) is 22.5 Å². The summed E-state index contributed by atoms with van der Waals surface area (Å²) in [4.78, 5) is 27.1. The summed E-state index contributed by atoms with van der Waals surface area (Å²) in [6, 6.07) is 12.1. The first-order valence-electron chi connectivity index (χ1n) is 6.75. The molecule has 2 aromatic carbocycles. The zero-order chi connectivity index (χ0) is 15.7. The van der Waals surface area contributed by atoms with Gasteiger partial charge in [0.1, 0.15) is 5.75 Å². The quantitative estimate of drug-likeness (QED) is 0.721. The van der Waals surface area contributed by atoms with E-state index >= 15 is 0 Å². The number of hydrogen-bond donors (Lipinski definition) is 2. The van der Waals surface area contributed by atoms with E-state index in [1.54, 1.807) is 43.5 Å². The highest BCUT2D eigenvalue weighted by molar-refractivity contribution is 5.92. The van der Waals surface area contributed by atoms with Crippen LogP contribution < -0.4 is 16.2 Å². The van der Waals surface area contributed by atoms with Gasteiger partial charge in [-0.3, -0.25) is 4.79 Å². The SMILES string of the molecule is COc1cccc(CC(=O)n2c(=O)[nH]c3cc(N)ccc32)c1. The van der Waals surface area contributed by atoms with Crippen LogP contribution in [-0.4, -0.2) is 22.6 Å². The number of fused-ring (bicyclic) bond motifs is 1. The molecule has 3 rings (SSSR count). The molecule has 3 aromatic rings. The molecule has 0 spiro atoms. The second-order valence-corrected chi connectivity index (χ2v) is 4.96. The topological polar surface area (TPSA) is 90.1 Å². The number of ether oxygens (including phenoxy) is 1. The summed E-state index contributed by atoms with van der Waals surface area (Å²) in [5.74, 6) is 0.360. The Morgan fingerprint density at radius 2 is 2.09 bits per heavy atom. The van der Waals surface area contributed by atoms with Crippen molar-refractivity contribution in [3.63, 3.8) is 0 Å². The molecule has 6 heteroatoms. The van der Waals surface area contributed by atoms with Crippen LogP contribution >= 0.6 is 0 Å². The average Bonchev–Trinajstić information content (AvgIpc) is 2.82. The molecule has 0 amide bonds. The zero-order valence-corrected chi connectivity index (χ0v) is 12.0. The lowest BCUT2D eigenvalue weighted by Crippen LogP contribution is -2.25. The molecule has 0 saturated heterocycles. The number of nitrogen functional groups attached to an aromatic ring is 1. The van der Waals surface area contributed by atoms with Crippen LogP contribution in [-0.2, 0) is 6.42 Å². The number of aromatic amines is 1. The van der Waals surface area contributed by atoms with Gasteiger partial charge in [0, 0.05) is 5.69 Å². The standard InChI is InChI=1S/C16H15N3O3/c1-22-12-4-2-3-10(7-12)8-15(20)19-14-6-5-11(17)9-13(14)18-16(19)21/h2-7,9H,8,17H2,1H3,(H,18,21). The van der Waals surface area contributed by atoms with Crippen molar-refractivity contribution in [3.05, 3.63) is 58.5 Å². The maximum absolute atomic E-state index is 12.5. The Hall–Kier alpha value is -3.02. The van der Waals surface area contributed by atoms with Gasteiger partial charge < -0.3 is 15.5 Å². The summed E-state index contributed by atoms with van der Waals surface area (Å²) < 4.78 is 6.27. The fourth-order valence-electron chi connectivity index (χ4n) is 2.41. The predicted octanol–water partition coefficient (Wildman–Crippen LogP) is 1.80. The summed E-state index contributed by atoms with van der Waals surface area (Å²) in [6.45, 7) is 0. The van der Waals surface area contributed by atoms with Gasteiger partial charge in [-0.25, -0.2) is 9.36 Å². The number of H-pyrrole nitrogens is 1. The van der Waals surface area contributed by atoms with Crippen molar-refractivity contribution in [1.29, 1.82) is 0 Å². The molecule has 0 unspecified atom stereocenters. The largest absolute Gasteiger partial charge is 0.497 e. The summed E-state index contributed by atoms with van der Waals surface area (Å²) in [7, 11) is 1.56. The number of nitrogens with zero attached hydrogens (tertiary/aromatic N) is 1. The number of imidazole rings is 1. The van der Waals surface area contributed by atoms with Crippen molar-refractivity contribution in [2.45, 2.75) is 6.42 Å². The smallest absolute Gasteiger partial charge is 0.333 e. The first-order valence-corrected chi connectivity index (χ1v) is 6.75. The molecule has 1 aromatic heterocycles. The van der Waals surface area contributed by atoms with E-state index < -0.39 is 5.69 Å². The lowest BCUT2D eigenvalue weighted by atomic mass is 10.1. The van der Waals surface area contributed by atoms with E-state index in [-0.39, 0.29) is 12.3 Å². The molecular formula is C16H15N3O3. The van der Waals surface area contributed by atoms with Gasteiger partial charge in [-0.1, -0.05) is 12.1 Å². The number of nitrogens with two attached hydrogens (primary N) is 1. The molecule has 6 nitrogen and oxygen atoms in total. The highest BCUT2D eigenvalue weighted by Crippen LogP contribution is 2.16. The average molecular weight is 297 g/mol. The number of carbonyl (C=O) groups is 1. The van der Waals surface area contributed by atoms with Gasteiger partial charge in [0.2, 0.25) is 5.91 Å². The highest BCUT2D eigenvalue weighted by atomic mass is 16.5. The van der Waals surface area contributed by atoms with Gasteiger partial charge in [-0.15, -0.1) is 0 Å². The predicted molar refractivity (Wildman–Crippen MR) is 84.3 cm³/mol. The van der Waals surface area contributed by atoms with Crippen LogP contribution in [0.1, 0.15) is 10.4 Å². The van der Waals surface area contributed by atoms with E-state index in [2.05, 4.69) is 4.98 Å². The molecular weight excluding hydrogens is 282 g/mol. The fourth-order valence-corrected chi connectivity index (χ4v) is 2.41. The van der Waals surface area contributed by atoms with Gasteiger partial charge in [-0.05, 0) is 35.9 Å². The monoisotopic (exact) mass is 297 g/mol. The summed E-state index contributed by atoms with van der Waals surface area (Å²) in [6.07, 6.45) is 0.106. The minimum absolute atomic E-state index is 0.106. The van der Waals surface area contributed by atoms with Crippen LogP contribution in [0.3, 0.4) is 0 Å². The van der Waals surface area contributed by atoms with Crippen LogP contribution in [0.4, 0.5) is 5.69 Å². The zero-order valence-electron chi connectivity index (χ0n) is 12.0. The highest BCUT2D eigenvalue weighted by Gasteiger charge is 2.14. The van der Waals surface area contributed by atoms with Crippen molar-refractivity contribution in [2.24, 2.45) is 0 Å². The number of hydrogen-bond acceptors (Lipinski definition) is 4. The molecule has 0 saturated carbocycles. The normalized spacial score (nSPS) is 10.8. The molecule has 0 aliphatic carbocycles. The van der Waals surface area contributed by atoms with Crippen molar-refractivity contribution in [3.8, 4) is 5.75 Å². The molecule has 0 aliphatic rings. The Labute approximate surface area is 126 Å². The Morgan fingerprint density at radius 1 is 1.27 bits per heavy atom. The van der Waals surface area contributed by atoms with E-state index in [4.69, 9.17) is 10.5 Å². The number of rotatable bonds is 3. The lowest BCUT2D eigenvalue weighted by molar-refractivity contribution is 0.0915. The Balaban J connectivity index is 1.98. The Morgan fingerprint density at radius 3 is 2.86 bits per heavy atom. The van der Waals surface area contributed by atoms with Gasteiger partial charge in [0.25, 0.3) is 0 Å². The van der Waals surface area contributed by atoms with E-state index in [9.17, 15) is 9.59 Å². The third-order valence-electron chi connectivity index (χ3n) is 3.45. The van der Waals surface area contributed by atoms with Crippen LogP contribution in [0.5, 0.6) is 5.75 Å². The van der Waals surface area contributed by atoms with Gasteiger partial charge in [0.15, 0.2) is 0 Å². The van der Waals surface area contributed by atoms with Crippen LogP contribution in [0.15, 0.2) is 47.3 Å². The lowest BCUT2D eigenvalue weighted by Gasteiger charge is -2.05. The fraction of sp³-hybridized carbons (Fsp3) is 0.125. The Kier molecular flexibility index (Phi) is 3.42. The first kappa shape index (κ1) is 13.9. The number of benzene rings is 2. The maximum atomic E-state index is 12.5. The van der Waals surface area contributed by atoms with Gasteiger partial charge in [-0.2, -0.15) is 0 Å². The molecule has 3 N–H and O–H groups in total. The van der Waals surface area contributed by atoms with E-state index in [1.165, 1.54) is 0 Å². The van der Waals surface area contributed by atoms with Crippen molar-refractivity contribution >= 4 is 22.6 Å². The summed E-state index contributed by atoms with van der Waals surface area (Å²) >= 11 is 0. The molecule has 0 aliphatic heterocycles. The van der Waals surface area contributed by atoms with Crippen LogP contribution in [0.25, 0.3) is 11.0 Å². The number of carbonyl (C=O) groups excluding carboxylic acids is 1. The Bertz CT molecular complexity index is 908. The molecule has 1 heterocycles. The van der Waals surface area contributed by atoms with E-state index in [1.807, 2.05) is 6.07 Å². The van der Waals surface area contributed by atoms with Gasteiger partial charge in [0.05, 0.1) is 24.6 Å². The third kappa shape index (κ3) is 2.46. The number of aromatic nitrogens is 2. The third-order valence-corrected chi connectivity index (χ3v) is 3.45. The maximum Gasteiger partial charge on any atom is 0.333 e. The molecule has 22 heavy (non-hydrogen) atoms. The van der Waals surface area contributed by atoms with Crippen molar-refractivity contribution < 1.29 is 9.53 Å². The van der Waals surface area contributed by atoms with E-state index in [0.717, 1.165) is 10.1 Å². The summed E-state index contributed by atoms with van der Waals surface area (Å²) in [5.41, 5.74) is 7.59. The number of methoxy groups -OCH3 is 1. The second kappa shape index (κ2) is 5.40. The first-order chi connectivity index (χ1) is 10.6. The van der Waals surface area contributed by atoms with Crippen LogP contribution in [0, 0.1) is 0 Å².